The van der Waals surface area contributed by atoms with Gasteiger partial charge in [-0.05, 0) is 50.2 Å². The van der Waals surface area contributed by atoms with Crippen LogP contribution in [0.3, 0.4) is 0 Å². The Morgan fingerprint density at radius 1 is 1.19 bits per heavy atom. The first kappa shape index (κ1) is 19.0. The van der Waals surface area contributed by atoms with E-state index in [1.165, 1.54) is 12.8 Å². The highest BCUT2D eigenvalue weighted by Crippen LogP contribution is 2.31. The molecule has 0 bridgehead atoms. The van der Waals surface area contributed by atoms with Crippen LogP contribution in [0, 0.1) is 0 Å². The lowest BCUT2D eigenvalue weighted by molar-refractivity contribution is 0.0937. The quantitative estimate of drug-likeness (QED) is 0.782. The van der Waals surface area contributed by atoms with Crippen LogP contribution in [0.1, 0.15) is 34.8 Å². The predicted molar refractivity (Wildman–Crippen MR) is 105 cm³/mol. The molecule has 1 aliphatic heterocycles. The van der Waals surface area contributed by atoms with Crippen molar-refractivity contribution in [2.75, 3.05) is 26.7 Å². The molecule has 1 fully saturated rings. The Morgan fingerprint density at radius 3 is 2.65 bits per heavy atom. The Balaban J connectivity index is 1.80. The highest BCUT2D eigenvalue weighted by atomic mass is 35.5. The van der Waals surface area contributed by atoms with E-state index in [9.17, 15) is 4.79 Å². The Bertz CT molecular complexity index is 776. The van der Waals surface area contributed by atoms with E-state index in [1.807, 2.05) is 18.2 Å². The number of carbonyl (C=O) groups excluding carboxylic acids is 1. The molecule has 1 aliphatic rings. The number of amides is 1. The molecule has 2 aromatic carbocycles. The van der Waals surface area contributed by atoms with Gasteiger partial charge in [0.1, 0.15) is 5.75 Å². The molecule has 1 saturated heterocycles. The number of rotatable bonds is 6. The lowest BCUT2D eigenvalue weighted by atomic mass is 10.0. The van der Waals surface area contributed by atoms with Crippen molar-refractivity contribution in [2.24, 2.45) is 0 Å². The third kappa shape index (κ3) is 4.32. The van der Waals surface area contributed by atoms with E-state index >= 15 is 0 Å². The molecule has 6 heteroatoms. The van der Waals surface area contributed by atoms with Crippen LogP contribution in [-0.2, 0) is 0 Å². The van der Waals surface area contributed by atoms with Crippen LogP contribution in [0.15, 0.2) is 42.5 Å². The lowest BCUT2D eigenvalue weighted by Gasteiger charge is -2.29. The maximum atomic E-state index is 12.6. The number of nitrogens with one attached hydrogen (secondary N) is 1. The van der Waals surface area contributed by atoms with E-state index < -0.39 is 0 Å². The SMILES string of the molecule is COc1ccccc1C(CNC(=O)c1cc(Cl)ccc1Cl)N1CCCC1. The number of para-hydroxylation sites is 1. The molecule has 4 nitrogen and oxygen atoms in total. The van der Waals surface area contributed by atoms with Gasteiger partial charge in [-0.25, -0.2) is 0 Å². The van der Waals surface area contributed by atoms with Crippen molar-refractivity contribution in [3.8, 4) is 5.75 Å². The number of nitrogens with zero attached hydrogens (tertiary/aromatic N) is 1. The van der Waals surface area contributed by atoms with Gasteiger partial charge in [-0.1, -0.05) is 41.4 Å². The highest BCUT2D eigenvalue weighted by molar-refractivity contribution is 6.35. The largest absolute Gasteiger partial charge is 0.496 e. The van der Waals surface area contributed by atoms with Crippen molar-refractivity contribution in [1.29, 1.82) is 0 Å². The molecule has 0 radical (unpaired) electrons. The van der Waals surface area contributed by atoms with Crippen LogP contribution in [0.2, 0.25) is 10.0 Å². The second-order valence-corrected chi connectivity index (χ2v) is 7.18. The van der Waals surface area contributed by atoms with Gasteiger partial charge in [-0.15, -0.1) is 0 Å². The van der Waals surface area contributed by atoms with E-state index in [0.717, 1.165) is 24.4 Å². The topological polar surface area (TPSA) is 41.6 Å². The monoisotopic (exact) mass is 392 g/mol. The van der Waals surface area contributed by atoms with Crippen molar-refractivity contribution >= 4 is 29.1 Å². The van der Waals surface area contributed by atoms with Crippen LogP contribution >= 0.6 is 23.2 Å². The van der Waals surface area contributed by atoms with Gasteiger partial charge in [0, 0.05) is 17.1 Å². The zero-order chi connectivity index (χ0) is 18.5. The Labute approximate surface area is 164 Å². The minimum atomic E-state index is -0.225. The van der Waals surface area contributed by atoms with Crippen molar-refractivity contribution < 1.29 is 9.53 Å². The van der Waals surface area contributed by atoms with Crippen molar-refractivity contribution in [2.45, 2.75) is 18.9 Å². The van der Waals surface area contributed by atoms with Crippen LogP contribution < -0.4 is 10.1 Å². The molecule has 0 spiro atoms. The number of benzene rings is 2. The molecule has 1 unspecified atom stereocenters. The van der Waals surface area contributed by atoms with Gasteiger partial charge in [0.05, 0.1) is 23.7 Å². The number of methoxy groups -OCH3 is 1. The zero-order valence-electron chi connectivity index (χ0n) is 14.7. The van der Waals surface area contributed by atoms with E-state index in [2.05, 4.69) is 16.3 Å². The number of carbonyl (C=O) groups is 1. The maximum Gasteiger partial charge on any atom is 0.252 e. The minimum absolute atomic E-state index is 0.0514. The molecule has 138 valence electrons. The summed E-state index contributed by atoms with van der Waals surface area (Å²) in [6, 6.07) is 12.9. The molecule has 3 rings (SSSR count). The first-order chi connectivity index (χ1) is 12.6. The van der Waals surface area contributed by atoms with E-state index in [1.54, 1.807) is 25.3 Å². The van der Waals surface area contributed by atoms with E-state index in [0.29, 0.717) is 22.2 Å². The minimum Gasteiger partial charge on any atom is -0.496 e. The zero-order valence-corrected chi connectivity index (χ0v) is 16.2. The lowest BCUT2D eigenvalue weighted by Crippen LogP contribution is -2.37. The second-order valence-electron chi connectivity index (χ2n) is 6.34. The molecular weight excluding hydrogens is 371 g/mol. The van der Waals surface area contributed by atoms with Crippen molar-refractivity contribution in [3.05, 3.63) is 63.6 Å². The fourth-order valence-electron chi connectivity index (χ4n) is 3.39. The average molecular weight is 393 g/mol. The number of likely N-dealkylation sites (tertiary alicyclic amines) is 1. The fraction of sp³-hybridized carbons (Fsp3) is 0.350. The van der Waals surface area contributed by atoms with Crippen molar-refractivity contribution in [1.82, 2.24) is 10.2 Å². The molecule has 1 N–H and O–H groups in total. The summed E-state index contributed by atoms with van der Waals surface area (Å²) in [7, 11) is 1.67. The first-order valence-corrected chi connectivity index (χ1v) is 9.46. The Hall–Kier alpha value is -1.75. The molecular formula is C20H22Cl2N2O2. The van der Waals surface area contributed by atoms with Gasteiger partial charge in [-0.3, -0.25) is 9.69 Å². The van der Waals surface area contributed by atoms with Gasteiger partial charge >= 0.3 is 0 Å². The summed E-state index contributed by atoms with van der Waals surface area (Å²) in [5.74, 6) is 0.607. The molecule has 1 heterocycles. The summed E-state index contributed by atoms with van der Waals surface area (Å²) in [6.07, 6.45) is 2.33. The molecule has 0 saturated carbocycles. The standard InChI is InChI=1S/C20H22Cl2N2O2/c1-26-19-7-3-2-6-15(19)18(24-10-4-5-11-24)13-23-20(25)16-12-14(21)8-9-17(16)22/h2-3,6-9,12,18H,4-5,10-11,13H2,1H3,(H,23,25). The smallest absolute Gasteiger partial charge is 0.252 e. The van der Waals surface area contributed by atoms with Crippen LogP contribution in [0.5, 0.6) is 5.75 Å². The molecule has 26 heavy (non-hydrogen) atoms. The van der Waals surface area contributed by atoms with Crippen molar-refractivity contribution in [3.63, 3.8) is 0 Å². The third-order valence-corrected chi connectivity index (χ3v) is 5.27. The van der Waals surface area contributed by atoms with Crippen LogP contribution in [0.4, 0.5) is 0 Å². The number of halogens is 2. The molecule has 0 aromatic heterocycles. The van der Waals surface area contributed by atoms with E-state index in [-0.39, 0.29) is 11.9 Å². The highest BCUT2D eigenvalue weighted by Gasteiger charge is 2.26. The summed E-state index contributed by atoms with van der Waals surface area (Å²) in [5, 5.41) is 3.89. The van der Waals surface area contributed by atoms with Gasteiger partial charge in [-0.2, -0.15) is 0 Å². The summed E-state index contributed by atoms with van der Waals surface area (Å²) in [5.41, 5.74) is 1.47. The van der Waals surface area contributed by atoms with Crippen LogP contribution in [0.25, 0.3) is 0 Å². The fourth-order valence-corrected chi connectivity index (χ4v) is 3.76. The summed E-state index contributed by atoms with van der Waals surface area (Å²) in [4.78, 5) is 15.0. The molecule has 1 amide bonds. The van der Waals surface area contributed by atoms with Gasteiger partial charge < -0.3 is 10.1 Å². The Kier molecular flexibility index (Phi) is 6.41. The summed E-state index contributed by atoms with van der Waals surface area (Å²) in [6.45, 7) is 2.50. The first-order valence-electron chi connectivity index (χ1n) is 8.70. The third-order valence-electron chi connectivity index (χ3n) is 4.71. The van der Waals surface area contributed by atoms with Gasteiger partial charge in [0.25, 0.3) is 5.91 Å². The summed E-state index contributed by atoms with van der Waals surface area (Å²) < 4.78 is 5.53. The number of hydrogen-bond donors (Lipinski definition) is 1. The van der Waals surface area contributed by atoms with Gasteiger partial charge in [0.15, 0.2) is 0 Å². The Morgan fingerprint density at radius 2 is 1.92 bits per heavy atom. The average Bonchev–Trinajstić information content (AvgIpc) is 3.18. The van der Waals surface area contributed by atoms with Crippen LogP contribution in [-0.4, -0.2) is 37.6 Å². The molecule has 1 atom stereocenters. The van der Waals surface area contributed by atoms with Gasteiger partial charge in [0.2, 0.25) is 0 Å². The normalized spacial score (nSPS) is 15.7. The summed E-state index contributed by atoms with van der Waals surface area (Å²) >= 11 is 12.1. The second kappa shape index (κ2) is 8.76. The van der Waals surface area contributed by atoms with E-state index in [4.69, 9.17) is 27.9 Å². The maximum absolute atomic E-state index is 12.6. The molecule has 2 aromatic rings. The predicted octanol–water partition coefficient (Wildman–Crippen LogP) is 4.57. The number of hydrogen-bond acceptors (Lipinski definition) is 3. The molecule has 0 aliphatic carbocycles. The number of ether oxygens (including phenoxy) is 1.